The molecule has 0 bridgehead atoms. The molecule has 3 rings (SSSR count). The van der Waals surface area contributed by atoms with Gasteiger partial charge in [-0.05, 0) is 24.1 Å². The largest absolute Gasteiger partial charge is 0.493 e. The number of hydrogen-bond donors (Lipinski definition) is 0. The molecule has 1 aromatic carbocycles. The highest BCUT2D eigenvalue weighted by atomic mass is 32.2. The normalized spacial score (nSPS) is 20.2. The summed E-state index contributed by atoms with van der Waals surface area (Å²) < 4.78 is 30.8. The minimum absolute atomic E-state index is 0.192. The molecule has 0 unspecified atom stereocenters. The first kappa shape index (κ1) is 14.8. The van der Waals surface area contributed by atoms with Gasteiger partial charge in [-0.15, -0.1) is 0 Å². The number of fused-ring (bicyclic) bond motifs is 1. The molecule has 6 heteroatoms. The lowest BCUT2D eigenvalue weighted by Gasteiger charge is -2.33. The van der Waals surface area contributed by atoms with Gasteiger partial charge in [-0.25, -0.2) is 8.42 Å². The Morgan fingerprint density at radius 1 is 1.19 bits per heavy atom. The van der Waals surface area contributed by atoms with Crippen LogP contribution in [0, 0.1) is 0 Å². The first-order chi connectivity index (χ1) is 10.1. The van der Waals surface area contributed by atoms with Crippen molar-refractivity contribution in [3.63, 3.8) is 0 Å². The van der Waals surface area contributed by atoms with E-state index >= 15 is 0 Å². The van der Waals surface area contributed by atoms with Crippen molar-refractivity contribution in [1.82, 2.24) is 9.21 Å². The van der Waals surface area contributed by atoms with Gasteiger partial charge in [0.05, 0.1) is 12.4 Å². The molecule has 0 aromatic heterocycles. The zero-order valence-electron chi connectivity index (χ0n) is 12.4. The summed E-state index contributed by atoms with van der Waals surface area (Å²) >= 11 is 0. The fraction of sp³-hybridized carbons (Fsp3) is 0.600. The van der Waals surface area contributed by atoms with Gasteiger partial charge >= 0.3 is 0 Å². The van der Waals surface area contributed by atoms with Gasteiger partial charge in [0, 0.05) is 39.1 Å². The molecule has 2 aliphatic heterocycles. The Morgan fingerprint density at radius 2 is 1.95 bits per heavy atom. The van der Waals surface area contributed by atoms with Crippen LogP contribution in [0.3, 0.4) is 0 Å². The Bertz CT molecular complexity index is 607. The average Bonchev–Trinajstić information content (AvgIpc) is 2.95. The van der Waals surface area contributed by atoms with E-state index in [-0.39, 0.29) is 5.75 Å². The summed E-state index contributed by atoms with van der Waals surface area (Å²) in [6.45, 7) is 6.17. The van der Waals surface area contributed by atoms with Crippen LogP contribution in [0.25, 0.3) is 0 Å². The number of piperazine rings is 1. The van der Waals surface area contributed by atoms with Crippen LogP contribution in [0.4, 0.5) is 0 Å². The van der Waals surface area contributed by atoms with Gasteiger partial charge in [-0.1, -0.05) is 12.1 Å². The third-order valence-electron chi connectivity index (χ3n) is 4.25. The summed E-state index contributed by atoms with van der Waals surface area (Å²) in [5, 5.41) is 0. The van der Waals surface area contributed by atoms with Gasteiger partial charge in [0.25, 0.3) is 0 Å². The van der Waals surface area contributed by atoms with Crippen LogP contribution >= 0.6 is 0 Å². The Hall–Kier alpha value is -1.11. The Balaban J connectivity index is 1.58. The molecule has 5 nitrogen and oxygen atoms in total. The van der Waals surface area contributed by atoms with Crippen molar-refractivity contribution in [2.45, 2.75) is 19.9 Å². The molecule has 0 amide bonds. The molecule has 1 aromatic rings. The van der Waals surface area contributed by atoms with Crippen molar-refractivity contribution in [3.05, 3.63) is 29.3 Å². The number of rotatable bonds is 4. The van der Waals surface area contributed by atoms with Crippen LogP contribution in [0.15, 0.2) is 18.2 Å². The molecule has 0 atom stereocenters. The summed E-state index contributed by atoms with van der Waals surface area (Å²) in [4.78, 5) is 2.32. The van der Waals surface area contributed by atoms with E-state index in [1.165, 1.54) is 11.1 Å². The van der Waals surface area contributed by atoms with Gasteiger partial charge in [0.15, 0.2) is 0 Å². The summed E-state index contributed by atoms with van der Waals surface area (Å²) in [5.74, 6) is 1.20. The SMILES string of the molecule is CCS(=O)(=O)N1CCN(Cc2ccc3c(c2)CCO3)CC1. The van der Waals surface area contributed by atoms with Crippen molar-refractivity contribution >= 4 is 10.0 Å². The maximum absolute atomic E-state index is 11.8. The second-order valence-corrected chi connectivity index (χ2v) is 7.87. The summed E-state index contributed by atoms with van der Waals surface area (Å²) in [5.41, 5.74) is 2.57. The van der Waals surface area contributed by atoms with Crippen LogP contribution in [0.1, 0.15) is 18.1 Å². The van der Waals surface area contributed by atoms with E-state index in [1.54, 1.807) is 11.2 Å². The Morgan fingerprint density at radius 3 is 2.67 bits per heavy atom. The van der Waals surface area contributed by atoms with Gasteiger partial charge < -0.3 is 4.74 Å². The van der Waals surface area contributed by atoms with E-state index in [4.69, 9.17) is 4.74 Å². The standard InChI is InChI=1S/C15H22N2O3S/c1-2-21(18,19)17-8-6-16(7-9-17)12-13-3-4-15-14(11-13)5-10-20-15/h3-4,11H,2,5-10,12H2,1H3. The van der Waals surface area contributed by atoms with Crippen LogP contribution < -0.4 is 4.74 Å². The van der Waals surface area contributed by atoms with E-state index < -0.39 is 10.0 Å². The molecule has 1 fully saturated rings. The lowest BCUT2D eigenvalue weighted by Crippen LogP contribution is -2.48. The molecular formula is C15H22N2O3S. The predicted molar refractivity (Wildman–Crippen MR) is 82.0 cm³/mol. The summed E-state index contributed by atoms with van der Waals surface area (Å²) in [6, 6.07) is 6.38. The number of nitrogens with zero attached hydrogens (tertiary/aromatic N) is 2. The molecule has 1 saturated heterocycles. The first-order valence-corrected chi connectivity index (χ1v) is 9.14. The third-order valence-corrected chi connectivity index (χ3v) is 6.13. The minimum atomic E-state index is -3.04. The monoisotopic (exact) mass is 310 g/mol. The fourth-order valence-electron chi connectivity index (χ4n) is 2.94. The van der Waals surface area contributed by atoms with Crippen molar-refractivity contribution in [3.8, 4) is 5.75 Å². The van der Waals surface area contributed by atoms with Crippen LogP contribution in [0.2, 0.25) is 0 Å². The van der Waals surface area contributed by atoms with E-state index in [1.807, 2.05) is 0 Å². The van der Waals surface area contributed by atoms with Crippen molar-refractivity contribution in [1.29, 1.82) is 0 Å². The molecule has 2 heterocycles. The molecule has 0 saturated carbocycles. The Kier molecular flexibility index (Phi) is 4.19. The second kappa shape index (κ2) is 5.94. The predicted octanol–water partition coefficient (Wildman–Crippen LogP) is 1.09. The lowest BCUT2D eigenvalue weighted by molar-refractivity contribution is 0.181. The van der Waals surface area contributed by atoms with Crippen LogP contribution in [-0.4, -0.2) is 56.2 Å². The first-order valence-electron chi connectivity index (χ1n) is 7.53. The molecular weight excluding hydrogens is 288 g/mol. The smallest absolute Gasteiger partial charge is 0.213 e. The molecule has 0 N–H and O–H groups in total. The van der Waals surface area contributed by atoms with E-state index in [0.717, 1.165) is 38.4 Å². The second-order valence-electron chi connectivity index (χ2n) is 5.62. The maximum atomic E-state index is 11.8. The lowest BCUT2D eigenvalue weighted by atomic mass is 10.1. The Labute approximate surface area is 126 Å². The number of hydrogen-bond acceptors (Lipinski definition) is 4. The molecule has 2 aliphatic rings. The zero-order chi connectivity index (χ0) is 14.9. The summed E-state index contributed by atoms with van der Waals surface area (Å²) in [7, 11) is -3.04. The van der Waals surface area contributed by atoms with Crippen molar-refractivity contribution in [2.24, 2.45) is 0 Å². The number of benzene rings is 1. The van der Waals surface area contributed by atoms with Crippen LogP contribution in [-0.2, 0) is 23.0 Å². The van der Waals surface area contributed by atoms with Crippen LogP contribution in [0.5, 0.6) is 5.75 Å². The highest BCUT2D eigenvalue weighted by Crippen LogP contribution is 2.26. The topological polar surface area (TPSA) is 49.9 Å². The van der Waals surface area contributed by atoms with Gasteiger partial charge in [-0.2, -0.15) is 4.31 Å². The quantitative estimate of drug-likeness (QED) is 0.835. The fourth-order valence-corrected chi connectivity index (χ4v) is 4.03. The molecule has 116 valence electrons. The molecule has 21 heavy (non-hydrogen) atoms. The van der Waals surface area contributed by atoms with Gasteiger partial charge in [0.2, 0.25) is 10.0 Å². The minimum Gasteiger partial charge on any atom is -0.493 e. The van der Waals surface area contributed by atoms with E-state index in [9.17, 15) is 8.42 Å². The van der Waals surface area contributed by atoms with Gasteiger partial charge in [-0.3, -0.25) is 4.90 Å². The maximum Gasteiger partial charge on any atom is 0.213 e. The van der Waals surface area contributed by atoms with E-state index in [2.05, 4.69) is 23.1 Å². The zero-order valence-corrected chi connectivity index (χ0v) is 13.2. The van der Waals surface area contributed by atoms with Gasteiger partial charge in [0.1, 0.15) is 5.75 Å². The molecule has 0 aliphatic carbocycles. The highest BCUT2D eigenvalue weighted by molar-refractivity contribution is 7.89. The number of sulfonamides is 1. The van der Waals surface area contributed by atoms with Crippen molar-refractivity contribution in [2.75, 3.05) is 38.5 Å². The average molecular weight is 310 g/mol. The highest BCUT2D eigenvalue weighted by Gasteiger charge is 2.25. The van der Waals surface area contributed by atoms with Crippen molar-refractivity contribution < 1.29 is 13.2 Å². The molecule has 0 spiro atoms. The third kappa shape index (κ3) is 3.22. The number of ether oxygens (including phenoxy) is 1. The molecule has 0 radical (unpaired) electrons. The summed E-state index contributed by atoms with van der Waals surface area (Å²) in [6.07, 6.45) is 0.992. The van der Waals surface area contributed by atoms with E-state index in [0.29, 0.717) is 13.1 Å².